The van der Waals surface area contributed by atoms with E-state index in [1.54, 1.807) is 0 Å². The lowest BCUT2D eigenvalue weighted by atomic mass is 10.0. The molecule has 0 aromatic heterocycles. The van der Waals surface area contributed by atoms with E-state index >= 15 is 0 Å². The molecule has 6 nitrogen and oxygen atoms in total. The molecule has 0 bridgehead atoms. The minimum atomic E-state index is -0.668. The van der Waals surface area contributed by atoms with Gasteiger partial charge in [-0.25, -0.2) is 0 Å². The lowest BCUT2D eigenvalue weighted by Gasteiger charge is -2.22. The molecule has 3 N–H and O–H groups in total. The quantitative estimate of drug-likeness (QED) is 0.0321. The molecule has 0 rings (SSSR count). The van der Waals surface area contributed by atoms with Gasteiger partial charge in [-0.1, -0.05) is 289 Å². The molecule has 0 aliphatic rings. The van der Waals surface area contributed by atoms with Gasteiger partial charge in [0.05, 0.1) is 25.4 Å². The molecular formula is C62H119NO5. The second-order valence-electron chi connectivity index (χ2n) is 21.0. The molecule has 2 unspecified atom stereocenters. The summed E-state index contributed by atoms with van der Waals surface area (Å²) in [4.78, 5) is 24.6. The van der Waals surface area contributed by atoms with Crippen molar-refractivity contribution < 1.29 is 24.5 Å². The number of amides is 1. The molecular weight excluding hydrogens is 839 g/mol. The number of hydrogen-bond acceptors (Lipinski definition) is 5. The summed E-state index contributed by atoms with van der Waals surface area (Å²) in [6.07, 6.45) is 70.3. The van der Waals surface area contributed by atoms with Gasteiger partial charge in [-0.2, -0.15) is 0 Å². The number of esters is 1. The van der Waals surface area contributed by atoms with E-state index in [9.17, 15) is 19.8 Å². The van der Waals surface area contributed by atoms with Crippen molar-refractivity contribution in [2.75, 3.05) is 13.2 Å². The summed E-state index contributed by atoms with van der Waals surface area (Å²) >= 11 is 0. The zero-order valence-corrected chi connectivity index (χ0v) is 45.9. The van der Waals surface area contributed by atoms with Gasteiger partial charge >= 0.3 is 5.97 Å². The first-order chi connectivity index (χ1) is 33.5. The van der Waals surface area contributed by atoms with E-state index in [-0.39, 0.29) is 18.5 Å². The predicted octanol–water partition coefficient (Wildman–Crippen LogP) is 19.0. The Hall–Kier alpha value is -1.66. The number of rotatable bonds is 57. The van der Waals surface area contributed by atoms with Crippen LogP contribution in [0.1, 0.15) is 335 Å². The zero-order valence-electron chi connectivity index (χ0n) is 45.9. The maximum atomic E-state index is 12.5. The molecule has 0 heterocycles. The second kappa shape index (κ2) is 57.9. The molecule has 0 radical (unpaired) electrons. The largest absolute Gasteiger partial charge is 0.466 e. The van der Waals surface area contributed by atoms with Gasteiger partial charge in [-0.15, -0.1) is 0 Å². The molecule has 0 aliphatic carbocycles. The summed E-state index contributed by atoms with van der Waals surface area (Å²) < 4.78 is 5.48. The Morgan fingerprint density at radius 3 is 1.15 bits per heavy atom. The number of aliphatic hydroxyl groups is 2. The molecule has 0 aromatic rings. The van der Waals surface area contributed by atoms with Crippen molar-refractivity contribution in [3.8, 4) is 0 Å². The molecule has 0 saturated heterocycles. The van der Waals surface area contributed by atoms with Crippen LogP contribution < -0.4 is 5.32 Å². The molecule has 68 heavy (non-hydrogen) atoms. The SMILES string of the molecule is CCCCC/C=C\C/C=C\CCCCCCCCCC(=O)OCCCCCCCCCCCCCCCCCCCC(=O)NC(CO)C(O)CCCCCCCCCCCCCCCCCCC. The topological polar surface area (TPSA) is 95.9 Å². The van der Waals surface area contributed by atoms with Crippen molar-refractivity contribution in [1.82, 2.24) is 5.32 Å². The van der Waals surface area contributed by atoms with Crippen molar-refractivity contribution in [2.45, 2.75) is 347 Å². The summed E-state index contributed by atoms with van der Waals surface area (Å²) in [5, 5.41) is 23.3. The lowest BCUT2D eigenvalue weighted by Crippen LogP contribution is -2.45. The fourth-order valence-electron chi connectivity index (χ4n) is 9.55. The van der Waals surface area contributed by atoms with Crippen LogP contribution in [-0.2, 0) is 14.3 Å². The number of nitrogens with one attached hydrogen (secondary N) is 1. The third-order valence-corrected chi connectivity index (χ3v) is 14.3. The highest BCUT2D eigenvalue weighted by Gasteiger charge is 2.20. The van der Waals surface area contributed by atoms with Gasteiger partial charge in [0.15, 0.2) is 0 Å². The predicted molar refractivity (Wildman–Crippen MR) is 296 cm³/mol. The van der Waals surface area contributed by atoms with Crippen LogP contribution in [0.15, 0.2) is 24.3 Å². The van der Waals surface area contributed by atoms with E-state index in [1.807, 2.05) is 0 Å². The first kappa shape index (κ1) is 66.3. The number of hydrogen-bond donors (Lipinski definition) is 3. The van der Waals surface area contributed by atoms with Crippen LogP contribution >= 0.6 is 0 Å². The highest BCUT2D eigenvalue weighted by atomic mass is 16.5. The van der Waals surface area contributed by atoms with Crippen LogP contribution in [0, 0.1) is 0 Å². The van der Waals surface area contributed by atoms with E-state index in [1.165, 1.54) is 250 Å². The second-order valence-corrected chi connectivity index (χ2v) is 21.0. The monoisotopic (exact) mass is 958 g/mol. The fourth-order valence-corrected chi connectivity index (χ4v) is 9.55. The minimum Gasteiger partial charge on any atom is -0.466 e. The molecule has 0 fully saturated rings. The summed E-state index contributed by atoms with van der Waals surface area (Å²) in [5.41, 5.74) is 0. The van der Waals surface area contributed by atoms with Gasteiger partial charge in [0.2, 0.25) is 5.91 Å². The third kappa shape index (κ3) is 53.7. The normalized spacial score (nSPS) is 12.7. The van der Waals surface area contributed by atoms with Crippen LogP contribution in [0.25, 0.3) is 0 Å². The van der Waals surface area contributed by atoms with Gasteiger partial charge in [0.1, 0.15) is 0 Å². The molecule has 0 spiro atoms. The van der Waals surface area contributed by atoms with Crippen molar-refractivity contribution >= 4 is 11.9 Å². The molecule has 2 atom stereocenters. The number of unbranched alkanes of at least 4 members (excludes halogenated alkanes) is 42. The highest BCUT2D eigenvalue weighted by Crippen LogP contribution is 2.18. The molecule has 402 valence electrons. The van der Waals surface area contributed by atoms with Crippen molar-refractivity contribution in [2.24, 2.45) is 0 Å². The Morgan fingerprint density at radius 1 is 0.412 bits per heavy atom. The first-order valence-electron chi connectivity index (χ1n) is 30.6. The number of allylic oxidation sites excluding steroid dienone is 4. The lowest BCUT2D eigenvalue weighted by molar-refractivity contribution is -0.143. The van der Waals surface area contributed by atoms with E-state index in [0.29, 0.717) is 25.9 Å². The van der Waals surface area contributed by atoms with Crippen LogP contribution in [-0.4, -0.2) is 47.4 Å². The molecule has 0 aromatic carbocycles. The van der Waals surface area contributed by atoms with Gasteiger partial charge in [-0.05, 0) is 57.8 Å². The van der Waals surface area contributed by atoms with Crippen LogP contribution in [0.4, 0.5) is 0 Å². The molecule has 0 aliphatic heterocycles. The molecule has 0 saturated carbocycles. The number of carbonyl (C=O) groups excluding carboxylic acids is 2. The summed E-state index contributed by atoms with van der Waals surface area (Å²) in [6.45, 7) is 4.94. The summed E-state index contributed by atoms with van der Waals surface area (Å²) in [6, 6.07) is -0.546. The maximum Gasteiger partial charge on any atom is 0.305 e. The minimum absolute atomic E-state index is 0.00176. The van der Waals surface area contributed by atoms with Gasteiger partial charge in [0.25, 0.3) is 0 Å². The molecule has 6 heteroatoms. The Bertz CT molecular complexity index is 1060. The highest BCUT2D eigenvalue weighted by molar-refractivity contribution is 5.76. The summed E-state index contributed by atoms with van der Waals surface area (Å²) in [5.74, 6) is -0.0398. The van der Waals surface area contributed by atoms with E-state index in [0.717, 1.165) is 51.4 Å². The van der Waals surface area contributed by atoms with E-state index in [4.69, 9.17) is 4.74 Å². The fraction of sp³-hybridized carbons (Fsp3) is 0.903. The van der Waals surface area contributed by atoms with Gasteiger partial charge in [0, 0.05) is 12.8 Å². The zero-order chi connectivity index (χ0) is 49.3. The van der Waals surface area contributed by atoms with Gasteiger partial charge < -0.3 is 20.3 Å². The average Bonchev–Trinajstić information content (AvgIpc) is 3.34. The van der Waals surface area contributed by atoms with Crippen molar-refractivity contribution in [3.05, 3.63) is 24.3 Å². The first-order valence-corrected chi connectivity index (χ1v) is 30.6. The van der Waals surface area contributed by atoms with Crippen molar-refractivity contribution in [1.29, 1.82) is 0 Å². The average molecular weight is 959 g/mol. The smallest absolute Gasteiger partial charge is 0.305 e. The number of aliphatic hydroxyl groups excluding tert-OH is 2. The third-order valence-electron chi connectivity index (χ3n) is 14.3. The van der Waals surface area contributed by atoms with Gasteiger partial charge in [-0.3, -0.25) is 9.59 Å². The van der Waals surface area contributed by atoms with E-state index < -0.39 is 12.1 Å². The van der Waals surface area contributed by atoms with Crippen LogP contribution in [0.2, 0.25) is 0 Å². The maximum absolute atomic E-state index is 12.5. The van der Waals surface area contributed by atoms with Crippen LogP contribution in [0.3, 0.4) is 0 Å². The summed E-state index contributed by atoms with van der Waals surface area (Å²) in [7, 11) is 0. The standard InChI is InChI=1S/C62H119NO5/c1-3-5-7-9-11-13-15-17-19-22-26-30-34-38-42-46-50-54-60(65)59(58-64)63-61(66)55-51-47-43-39-35-31-27-24-21-25-29-33-37-41-45-49-53-57-68-62(67)56-52-48-44-40-36-32-28-23-20-18-16-14-12-10-8-6-4-2/h12,14,18,20,59-60,64-65H,3-11,13,15-17,19,21-58H2,1-2H3,(H,63,66)/b14-12-,20-18-. The Labute approximate surface area is 424 Å². The Balaban J connectivity index is 3.41. The Morgan fingerprint density at radius 2 is 0.735 bits per heavy atom. The number of ether oxygens (including phenoxy) is 1. The van der Waals surface area contributed by atoms with Crippen LogP contribution in [0.5, 0.6) is 0 Å². The van der Waals surface area contributed by atoms with E-state index in [2.05, 4.69) is 43.5 Å². The van der Waals surface area contributed by atoms with Crippen molar-refractivity contribution in [3.63, 3.8) is 0 Å². The number of carbonyl (C=O) groups is 2. The molecule has 1 amide bonds. The Kier molecular flexibility index (Phi) is 56.5.